The summed E-state index contributed by atoms with van der Waals surface area (Å²) in [6.07, 6.45) is -4.36. The third-order valence-electron chi connectivity index (χ3n) is 2.04. The number of alkyl halides is 3. The minimum Gasteiger partial charge on any atom is -0.312 e. The highest BCUT2D eigenvalue weighted by Gasteiger charge is 2.28. The average molecular weight is 251 g/mol. The highest BCUT2D eigenvalue weighted by atomic mass is 19.4. The highest BCUT2D eigenvalue weighted by molar-refractivity contribution is 5.16. The van der Waals surface area contributed by atoms with E-state index in [2.05, 4.69) is 10.1 Å². The summed E-state index contributed by atoms with van der Waals surface area (Å²) in [6, 6.07) is 6.24. The molecule has 6 heteroatoms. The summed E-state index contributed by atoms with van der Waals surface area (Å²) in [5.41, 5.74) is 0.490. The molecule has 0 bridgehead atoms. The molecule has 0 spiro atoms. The lowest BCUT2D eigenvalue weighted by Crippen LogP contribution is -2.20. The molecule has 0 radical (unpaired) electrons. The Balaban J connectivity index is 2.11. The van der Waals surface area contributed by atoms with Crippen LogP contribution in [0.4, 0.5) is 17.6 Å². The van der Waals surface area contributed by atoms with E-state index in [9.17, 15) is 17.6 Å². The first-order valence-electron chi connectivity index (χ1n) is 5.14. The summed E-state index contributed by atoms with van der Waals surface area (Å²) in [6.45, 7) is 0.233. The van der Waals surface area contributed by atoms with E-state index in [0.29, 0.717) is 18.7 Å². The van der Waals surface area contributed by atoms with Gasteiger partial charge in [-0.25, -0.2) is 4.39 Å². The molecule has 0 heterocycles. The van der Waals surface area contributed by atoms with Crippen LogP contribution in [0.3, 0.4) is 0 Å². The van der Waals surface area contributed by atoms with Gasteiger partial charge in [0, 0.05) is 12.1 Å². The van der Waals surface area contributed by atoms with Crippen LogP contribution in [0.25, 0.3) is 0 Å². The fraction of sp³-hybridized carbons (Fsp3) is 0.455. The highest BCUT2D eigenvalue weighted by Crippen LogP contribution is 2.15. The van der Waals surface area contributed by atoms with Crippen LogP contribution < -0.4 is 5.32 Å². The van der Waals surface area contributed by atoms with Crippen LogP contribution in [-0.2, 0) is 11.3 Å². The largest absolute Gasteiger partial charge is 0.522 e. The van der Waals surface area contributed by atoms with Crippen LogP contribution >= 0.6 is 0 Å². The van der Waals surface area contributed by atoms with Crippen LogP contribution in [0.15, 0.2) is 24.3 Å². The molecule has 2 nitrogen and oxygen atoms in total. The third-order valence-corrected chi connectivity index (χ3v) is 2.04. The predicted octanol–water partition coefficient (Wildman–Crippen LogP) is 2.84. The van der Waals surface area contributed by atoms with Gasteiger partial charge in [-0.2, -0.15) is 0 Å². The van der Waals surface area contributed by atoms with Crippen LogP contribution in [0, 0.1) is 5.82 Å². The lowest BCUT2D eigenvalue weighted by Gasteiger charge is -2.08. The molecule has 0 fully saturated rings. The smallest absolute Gasteiger partial charge is 0.312 e. The molecule has 0 saturated heterocycles. The predicted molar refractivity (Wildman–Crippen MR) is 54.7 cm³/mol. The molecule has 17 heavy (non-hydrogen) atoms. The summed E-state index contributed by atoms with van der Waals surface area (Å²) in [5.74, 6) is -0.327. The number of hydrogen-bond donors (Lipinski definition) is 1. The van der Waals surface area contributed by atoms with Crippen molar-refractivity contribution in [2.24, 2.45) is 0 Å². The molecule has 0 amide bonds. The molecule has 0 aliphatic rings. The van der Waals surface area contributed by atoms with Crippen molar-refractivity contribution in [2.45, 2.75) is 19.3 Å². The summed E-state index contributed by atoms with van der Waals surface area (Å²) < 4.78 is 51.5. The maximum Gasteiger partial charge on any atom is 0.522 e. The Hall–Kier alpha value is -1.14. The van der Waals surface area contributed by atoms with E-state index >= 15 is 0 Å². The zero-order chi connectivity index (χ0) is 12.7. The molecule has 1 N–H and O–H groups in total. The summed E-state index contributed by atoms with van der Waals surface area (Å²) in [5, 5.41) is 2.84. The van der Waals surface area contributed by atoms with E-state index < -0.39 is 13.0 Å². The molecule has 0 aromatic heterocycles. The van der Waals surface area contributed by atoms with Crippen molar-refractivity contribution in [1.82, 2.24) is 5.32 Å². The minimum atomic E-state index is -4.58. The fourth-order valence-corrected chi connectivity index (χ4v) is 1.25. The molecule has 0 aliphatic heterocycles. The SMILES string of the molecule is Fc1ccccc1CNCCCOC(F)(F)F. The second-order valence-corrected chi connectivity index (χ2v) is 3.42. The van der Waals surface area contributed by atoms with Crippen molar-refractivity contribution >= 4 is 0 Å². The lowest BCUT2D eigenvalue weighted by molar-refractivity contribution is -0.324. The summed E-state index contributed by atoms with van der Waals surface area (Å²) >= 11 is 0. The van der Waals surface area contributed by atoms with E-state index in [1.807, 2.05) is 0 Å². The Morgan fingerprint density at radius 2 is 1.88 bits per heavy atom. The zero-order valence-corrected chi connectivity index (χ0v) is 9.06. The summed E-state index contributed by atoms with van der Waals surface area (Å²) in [4.78, 5) is 0. The van der Waals surface area contributed by atoms with E-state index in [1.54, 1.807) is 18.2 Å². The molecule has 1 aromatic carbocycles. The maximum atomic E-state index is 13.1. The third kappa shape index (κ3) is 6.23. The molecule has 0 atom stereocenters. The van der Waals surface area contributed by atoms with Gasteiger partial charge in [-0.15, -0.1) is 13.2 Å². The number of nitrogens with one attached hydrogen (secondary N) is 1. The number of halogens is 4. The van der Waals surface area contributed by atoms with E-state index in [1.165, 1.54) is 6.07 Å². The molecular formula is C11H13F4NO. The average Bonchev–Trinajstić information content (AvgIpc) is 2.24. The first-order valence-corrected chi connectivity index (χ1v) is 5.14. The van der Waals surface area contributed by atoms with Gasteiger partial charge in [0.25, 0.3) is 0 Å². The molecule has 96 valence electrons. The number of hydrogen-bond acceptors (Lipinski definition) is 2. The van der Waals surface area contributed by atoms with Gasteiger partial charge in [-0.3, -0.25) is 4.74 Å². The number of ether oxygens (including phenoxy) is 1. The fourth-order valence-electron chi connectivity index (χ4n) is 1.25. The Bertz CT molecular complexity index is 340. The Kier molecular flexibility index (Phi) is 5.37. The molecule has 1 rings (SSSR count). The van der Waals surface area contributed by atoms with Crippen molar-refractivity contribution in [3.8, 4) is 0 Å². The molecule has 0 saturated carbocycles. The van der Waals surface area contributed by atoms with Crippen molar-refractivity contribution in [3.05, 3.63) is 35.6 Å². The van der Waals surface area contributed by atoms with E-state index in [4.69, 9.17) is 0 Å². The summed E-state index contributed by atoms with van der Waals surface area (Å²) in [7, 11) is 0. The second kappa shape index (κ2) is 6.56. The molecular weight excluding hydrogens is 238 g/mol. The van der Waals surface area contributed by atoms with Gasteiger partial charge in [-0.05, 0) is 19.0 Å². The van der Waals surface area contributed by atoms with E-state index in [0.717, 1.165) is 0 Å². The van der Waals surface area contributed by atoms with Crippen LogP contribution in [0.1, 0.15) is 12.0 Å². The monoisotopic (exact) mass is 251 g/mol. The van der Waals surface area contributed by atoms with Crippen molar-refractivity contribution in [3.63, 3.8) is 0 Å². The number of rotatable bonds is 6. The van der Waals surface area contributed by atoms with Gasteiger partial charge in [0.2, 0.25) is 0 Å². The van der Waals surface area contributed by atoms with Gasteiger partial charge in [0.15, 0.2) is 0 Å². The Labute approximate surface area is 96.6 Å². The van der Waals surface area contributed by atoms with Crippen molar-refractivity contribution in [1.29, 1.82) is 0 Å². The van der Waals surface area contributed by atoms with Crippen LogP contribution in [0.5, 0.6) is 0 Å². The minimum absolute atomic E-state index is 0.216. The Morgan fingerprint density at radius 1 is 1.18 bits per heavy atom. The van der Waals surface area contributed by atoms with E-state index in [-0.39, 0.29) is 12.2 Å². The molecule has 1 aromatic rings. The lowest BCUT2D eigenvalue weighted by atomic mass is 10.2. The van der Waals surface area contributed by atoms with Crippen molar-refractivity contribution in [2.75, 3.05) is 13.2 Å². The van der Waals surface area contributed by atoms with Crippen molar-refractivity contribution < 1.29 is 22.3 Å². The normalized spacial score (nSPS) is 11.8. The van der Waals surface area contributed by atoms with Gasteiger partial charge in [0.1, 0.15) is 5.82 Å². The Morgan fingerprint density at radius 3 is 2.53 bits per heavy atom. The van der Waals surface area contributed by atoms with Crippen LogP contribution in [0.2, 0.25) is 0 Å². The molecule has 0 unspecified atom stereocenters. The standard InChI is InChI=1S/C11H13F4NO/c12-10-5-2-1-4-9(10)8-16-6-3-7-17-11(13,14)15/h1-2,4-5,16H,3,6-8H2. The van der Waals surface area contributed by atoms with Gasteiger partial charge >= 0.3 is 6.36 Å². The quantitative estimate of drug-likeness (QED) is 0.620. The van der Waals surface area contributed by atoms with Gasteiger partial charge in [-0.1, -0.05) is 18.2 Å². The number of benzene rings is 1. The van der Waals surface area contributed by atoms with Gasteiger partial charge < -0.3 is 5.32 Å². The second-order valence-electron chi connectivity index (χ2n) is 3.42. The first kappa shape index (κ1) is 13.9. The molecule has 0 aliphatic carbocycles. The first-order chi connectivity index (χ1) is 7.99. The van der Waals surface area contributed by atoms with Crippen LogP contribution in [-0.4, -0.2) is 19.5 Å². The maximum absolute atomic E-state index is 13.1. The topological polar surface area (TPSA) is 21.3 Å². The zero-order valence-electron chi connectivity index (χ0n) is 9.06. The van der Waals surface area contributed by atoms with Gasteiger partial charge in [0.05, 0.1) is 6.61 Å².